The molecular formula is C23H14ClN7. The summed E-state index contributed by atoms with van der Waals surface area (Å²) < 4.78 is 1.72. The second kappa shape index (κ2) is 7.00. The molecule has 31 heavy (non-hydrogen) atoms. The first-order chi connectivity index (χ1) is 15.2. The molecule has 0 atom stereocenters. The molecule has 0 aliphatic carbocycles. The van der Waals surface area contributed by atoms with Crippen molar-refractivity contribution in [1.82, 2.24) is 30.0 Å². The normalized spacial score (nSPS) is 11.9. The minimum Gasteiger partial charge on any atom is -0.338 e. The zero-order valence-electron chi connectivity index (χ0n) is 16.1. The fourth-order valence-corrected chi connectivity index (χ4v) is 3.75. The first-order valence-electron chi connectivity index (χ1n) is 9.64. The summed E-state index contributed by atoms with van der Waals surface area (Å²) in [6.07, 6.45) is 1.77. The van der Waals surface area contributed by atoms with Crippen molar-refractivity contribution in [2.75, 3.05) is 0 Å². The van der Waals surface area contributed by atoms with Crippen LogP contribution in [-0.4, -0.2) is 36.2 Å². The predicted octanol–water partition coefficient (Wildman–Crippen LogP) is 5.22. The van der Waals surface area contributed by atoms with Crippen LogP contribution in [0.15, 0.2) is 77.8 Å². The molecule has 0 bridgehead atoms. The summed E-state index contributed by atoms with van der Waals surface area (Å²) in [4.78, 5) is 12.6. The van der Waals surface area contributed by atoms with Crippen molar-refractivity contribution in [1.29, 1.82) is 0 Å². The smallest absolute Gasteiger partial charge is 0.188 e. The van der Waals surface area contributed by atoms with Crippen molar-refractivity contribution in [3.63, 3.8) is 0 Å². The minimum atomic E-state index is 0.640. The quantitative estimate of drug-likeness (QED) is 0.395. The van der Waals surface area contributed by atoms with Crippen molar-refractivity contribution in [3.05, 3.63) is 83.4 Å². The molecule has 0 saturated heterocycles. The van der Waals surface area contributed by atoms with Crippen LogP contribution in [0.1, 0.15) is 5.56 Å². The summed E-state index contributed by atoms with van der Waals surface area (Å²) in [5, 5.41) is 13.8. The van der Waals surface area contributed by atoms with Crippen LogP contribution in [0.5, 0.6) is 0 Å². The second-order valence-electron chi connectivity index (χ2n) is 7.12. The maximum Gasteiger partial charge on any atom is 0.188 e. The van der Waals surface area contributed by atoms with Crippen molar-refractivity contribution in [2.45, 2.75) is 0 Å². The van der Waals surface area contributed by atoms with Gasteiger partial charge in [-0.05, 0) is 71.1 Å². The number of hydrogen-bond acceptors (Lipinski definition) is 5. The van der Waals surface area contributed by atoms with Crippen molar-refractivity contribution < 1.29 is 0 Å². The fraction of sp³-hybridized carbons (Fsp3) is 0. The third kappa shape index (κ3) is 3.12. The molecule has 3 heterocycles. The van der Waals surface area contributed by atoms with Crippen LogP contribution < -0.4 is 0 Å². The largest absolute Gasteiger partial charge is 0.338 e. The maximum absolute atomic E-state index is 5.96. The highest BCUT2D eigenvalue weighted by molar-refractivity contribution is 6.30. The Morgan fingerprint density at radius 1 is 0.968 bits per heavy atom. The number of fused-ring (bicyclic) bond motifs is 4. The van der Waals surface area contributed by atoms with Crippen LogP contribution in [0.4, 0.5) is 5.69 Å². The molecule has 148 valence electrons. The molecule has 6 rings (SSSR count). The van der Waals surface area contributed by atoms with Gasteiger partial charge in [-0.15, -0.1) is 5.10 Å². The summed E-state index contributed by atoms with van der Waals surface area (Å²) in [5.74, 6) is 0.816. The van der Waals surface area contributed by atoms with Gasteiger partial charge in [-0.1, -0.05) is 23.7 Å². The third-order valence-corrected chi connectivity index (χ3v) is 5.39. The summed E-state index contributed by atoms with van der Waals surface area (Å²) in [6.45, 7) is 0. The van der Waals surface area contributed by atoms with Gasteiger partial charge in [-0.25, -0.2) is 4.98 Å². The van der Waals surface area contributed by atoms with E-state index in [1.807, 2.05) is 66.7 Å². The molecule has 0 spiro atoms. The molecule has 0 aliphatic heterocycles. The van der Waals surface area contributed by atoms with E-state index in [4.69, 9.17) is 16.6 Å². The molecule has 0 fully saturated rings. The molecule has 0 radical (unpaired) electrons. The Labute approximate surface area is 181 Å². The first-order valence-corrected chi connectivity index (χ1v) is 10.0. The van der Waals surface area contributed by atoms with Crippen LogP contribution in [0.2, 0.25) is 5.02 Å². The van der Waals surface area contributed by atoms with Crippen molar-refractivity contribution in [2.24, 2.45) is 4.99 Å². The number of nitrogens with zero attached hydrogens (tertiary/aromatic N) is 6. The van der Waals surface area contributed by atoms with Gasteiger partial charge < -0.3 is 4.98 Å². The van der Waals surface area contributed by atoms with E-state index in [9.17, 15) is 0 Å². The van der Waals surface area contributed by atoms with Crippen LogP contribution in [-0.2, 0) is 0 Å². The number of rotatable bonds is 3. The lowest BCUT2D eigenvalue weighted by Crippen LogP contribution is -1.96. The van der Waals surface area contributed by atoms with E-state index in [1.54, 1.807) is 10.7 Å². The van der Waals surface area contributed by atoms with Gasteiger partial charge in [0, 0.05) is 27.8 Å². The number of hydrogen-bond donors (Lipinski definition) is 1. The van der Waals surface area contributed by atoms with E-state index < -0.39 is 0 Å². The van der Waals surface area contributed by atoms with Crippen LogP contribution in [0.3, 0.4) is 0 Å². The number of halogens is 1. The molecule has 0 aliphatic rings. The average Bonchev–Trinajstić information content (AvgIpc) is 3.46. The van der Waals surface area contributed by atoms with E-state index in [0.717, 1.165) is 44.6 Å². The van der Waals surface area contributed by atoms with Crippen molar-refractivity contribution >= 4 is 51.1 Å². The van der Waals surface area contributed by atoms with Gasteiger partial charge in [0.05, 0.1) is 22.2 Å². The Hall–Kier alpha value is -4.10. The van der Waals surface area contributed by atoms with Gasteiger partial charge in [0.2, 0.25) is 0 Å². The molecule has 7 nitrogen and oxygen atoms in total. The SMILES string of the molecule is Clc1ccc(N=Cc2cc3cc(-c4nc5ccccc5[nH]4)ccc3n3nnnc23)cc1. The van der Waals surface area contributed by atoms with E-state index in [1.165, 1.54) is 0 Å². The Morgan fingerprint density at radius 2 is 1.84 bits per heavy atom. The standard InChI is InChI=1S/C23H14ClN7/c24-17-6-8-18(9-7-17)25-13-16-12-15-11-14(5-10-21(15)31-23(16)28-29-30-31)22-26-19-3-1-2-4-20(19)27-22/h1-13H,(H,26,27). The number of H-pyrrole nitrogens is 1. The Morgan fingerprint density at radius 3 is 2.71 bits per heavy atom. The summed E-state index contributed by atoms with van der Waals surface area (Å²) in [5.41, 5.74) is 6.08. The van der Waals surface area contributed by atoms with Crippen LogP contribution >= 0.6 is 11.6 Å². The molecule has 6 aromatic rings. The van der Waals surface area contributed by atoms with Crippen molar-refractivity contribution in [3.8, 4) is 11.4 Å². The highest BCUT2D eigenvalue weighted by Gasteiger charge is 2.11. The molecule has 0 saturated carbocycles. The van der Waals surface area contributed by atoms with Gasteiger partial charge in [-0.2, -0.15) is 4.52 Å². The monoisotopic (exact) mass is 423 g/mol. The maximum atomic E-state index is 5.96. The minimum absolute atomic E-state index is 0.640. The van der Waals surface area contributed by atoms with Gasteiger partial charge >= 0.3 is 0 Å². The lowest BCUT2D eigenvalue weighted by molar-refractivity contribution is 0.841. The second-order valence-corrected chi connectivity index (χ2v) is 7.56. The number of para-hydroxylation sites is 2. The number of imidazole rings is 1. The van der Waals surface area contributed by atoms with E-state index >= 15 is 0 Å². The number of benzene rings is 3. The highest BCUT2D eigenvalue weighted by atomic mass is 35.5. The molecule has 3 aromatic heterocycles. The number of tetrazole rings is 1. The number of nitrogens with one attached hydrogen (secondary N) is 1. The number of aromatic amines is 1. The number of aromatic nitrogens is 6. The molecule has 1 N–H and O–H groups in total. The van der Waals surface area contributed by atoms with Gasteiger partial charge in [0.15, 0.2) is 5.65 Å². The van der Waals surface area contributed by atoms with Gasteiger partial charge in [-0.3, -0.25) is 4.99 Å². The highest BCUT2D eigenvalue weighted by Crippen LogP contribution is 2.26. The first kappa shape index (κ1) is 17.7. The number of aliphatic imine (C=N–C) groups is 1. The molecule has 0 unspecified atom stereocenters. The van der Waals surface area contributed by atoms with E-state index in [-0.39, 0.29) is 0 Å². The van der Waals surface area contributed by atoms with Crippen LogP contribution in [0, 0.1) is 0 Å². The van der Waals surface area contributed by atoms with Gasteiger partial charge in [0.25, 0.3) is 0 Å². The lowest BCUT2D eigenvalue weighted by Gasteiger charge is -2.05. The Kier molecular flexibility index (Phi) is 4.00. The zero-order valence-corrected chi connectivity index (χ0v) is 16.8. The molecular weight excluding hydrogens is 410 g/mol. The van der Waals surface area contributed by atoms with Gasteiger partial charge in [0.1, 0.15) is 5.82 Å². The lowest BCUT2D eigenvalue weighted by atomic mass is 10.1. The summed E-state index contributed by atoms with van der Waals surface area (Å²) in [6, 6.07) is 23.4. The summed E-state index contributed by atoms with van der Waals surface area (Å²) in [7, 11) is 0. The summed E-state index contributed by atoms with van der Waals surface area (Å²) >= 11 is 5.96. The Balaban J connectivity index is 1.49. The molecule has 3 aromatic carbocycles. The van der Waals surface area contributed by atoms with Crippen LogP contribution in [0.25, 0.3) is 39.0 Å². The molecule has 0 amide bonds. The average molecular weight is 424 g/mol. The van der Waals surface area contributed by atoms with E-state index in [0.29, 0.717) is 10.7 Å². The van der Waals surface area contributed by atoms with E-state index in [2.05, 4.69) is 31.6 Å². The predicted molar refractivity (Wildman–Crippen MR) is 122 cm³/mol. The third-order valence-electron chi connectivity index (χ3n) is 5.14. The number of pyridine rings is 1. The fourth-order valence-electron chi connectivity index (χ4n) is 3.63. The zero-order chi connectivity index (χ0) is 20.8. The molecule has 8 heteroatoms. The Bertz CT molecular complexity index is 1560. The topological polar surface area (TPSA) is 84.1 Å².